The van der Waals surface area contributed by atoms with Gasteiger partial charge < -0.3 is 19.9 Å². The minimum absolute atomic E-state index is 0.0458. The SMILES string of the molecule is CC(CCN)C12OCC(C)(CO1)CO2. The van der Waals surface area contributed by atoms with Crippen LogP contribution in [0.25, 0.3) is 0 Å². The van der Waals surface area contributed by atoms with Crippen LogP contribution >= 0.6 is 0 Å². The highest BCUT2D eigenvalue weighted by Gasteiger charge is 2.52. The van der Waals surface area contributed by atoms with Crippen LogP contribution in [0.4, 0.5) is 0 Å². The Morgan fingerprint density at radius 3 is 2.14 bits per heavy atom. The fourth-order valence-electron chi connectivity index (χ4n) is 1.93. The van der Waals surface area contributed by atoms with Crippen LogP contribution in [0.3, 0.4) is 0 Å². The molecule has 3 fully saturated rings. The molecule has 14 heavy (non-hydrogen) atoms. The Balaban J connectivity index is 2.04. The number of hydrogen-bond donors (Lipinski definition) is 1. The Labute approximate surface area is 84.7 Å². The number of fused-ring (bicyclic) bond motifs is 3. The monoisotopic (exact) mass is 201 g/mol. The van der Waals surface area contributed by atoms with Gasteiger partial charge in [0.15, 0.2) is 0 Å². The fourth-order valence-corrected chi connectivity index (χ4v) is 1.93. The quantitative estimate of drug-likeness (QED) is 0.730. The van der Waals surface area contributed by atoms with Crippen molar-refractivity contribution in [2.24, 2.45) is 17.1 Å². The second kappa shape index (κ2) is 3.45. The van der Waals surface area contributed by atoms with E-state index in [2.05, 4.69) is 13.8 Å². The molecule has 2 bridgehead atoms. The number of nitrogens with two attached hydrogens (primary N) is 1. The van der Waals surface area contributed by atoms with Crippen LogP contribution in [0.1, 0.15) is 20.3 Å². The first-order chi connectivity index (χ1) is 6.60. The van der Waals surface area contributed by atoms with Crippen molar-refractivity contribution in [3.8, 4) is 0 Å². The molecule has 3 rings (SSSR count). The summed E-state index contributed by atoms with van der Waals surface area (Å²) in [6.45, 7) is 6.98. The Kier molecular flexibility index (Phi) is 2.55. The zero-order chi connectivity index (χ0) is 10.2. The van der Waals surface area contributed by atoms with Gasteiger partial charge in [0, 0.05) is 11.3 Å². The Morgan fingerprint density at radius 2 is 1.71 bits per heavy atom. The molecule has 1 atom stereocenters. The van der Waals surface area contributed by atoms with Gasteiger partial charge in [-0.15, -0.1) is 0 Å². The lowest BCUT2D eigenvalue weighted by atomic mass is 9.90. The van der Waals surface area contributed by atoms with Crippen molar-refractivity contribution < 1.29 is 14.2 Å². The van der Waals surface area contributed by atoms with Crippen LogP contribution in [0, 0.1) is 11.3 Å². The molecule has 3 aliphatic heterocycles. The van der Waals surface area contributed by atoms with Crippen molar-refractivity contribution in [1.82, 2.24) is 0 Å². The van der Waals surface area contributed by atoms with E-state index < -0.39 is 5.97 Å². The molecule has 4 heteroatoms. The van der Waals surface area contributed by atoms with E-state index in [4.69, 9.17) is 19.9 Å². The van der Waals surface area contributed by atoms with Gasteiger partial charge in [-0.25, -0.2) is 0 Å². The van der Waals surface area contributed by atoms with Gasteiger partial charge in [-0.2, -0.15) is 0 Å². The van der Waals surface area contributed by atoms with Gasteiger partial charge in [0.2, 0.25) is 0 Å². The molecule has 1 unspecified atom stereocenters. The highest BCUT2D eigenvalue weighted by Crippen LogP contribution is 2.42. The maximum Gasteiger partial charge on any atom is 0.285 e. The van der Waals surface area contributed by atoms with E-state index in [9.17, 15) is 0 Å². The zero-order valence-corrected chi connectivity index (χ0v) is 8.91. The largest absolute Gasteiger partial charge is 0.330 e. The van der Waals surface area contributed by atoms with Gasteiger partial charge in [0.05, 0.1) is 19.8 Å². The molecule has 0 amide bonds. The second-order valence-corrected chi connectivity index (χ2v) is 4.76. The van der Waals surface area contributed by atoms with Crippen LogP contribution in [0.2, 0.25) is 0 Å². The van der Waals surface area contributed by atoms with Crippen molar-refractivity contribution in [2.75, 3.05) is 26.4 Å². The van der Waals surface area contributed by atoms with E-state index in [1.807, 2.05) is 0 Å². The smallest absolute Gasteiger partial charge is 0.285 e. The van der Waals surface area contributed by atoms with E-state index in [0.29, 0.717) is 6.54 Å². The summed E-state index contributed by atoms with van der Waals surface area (Å²) < 4.78 is 17.0. The summed E-state index contributed by atoms with van der Waals surface area (Å²) in [7, 11) is 0. The lowest BCUT2D eigenvalue weighted by Gasteiger charge is -2.52. The van der Waals surface area contributed by atoms with Crippen LogP contribution in [-0.2, 0) is 14.2 Å². The summed E-state index contributed by atoms with van der Waals surface area (Å²) in [5.41, 5.74) is 5.57. The molecule has 0 aromatic rings. The van der Waals surface area contributed by atoms with Gasteiger partial charge in [-0.05, 0) is 13.0 Å². The van der Waals surface area contributed by atoms with Gasteiger partial charge in [0.1, 0.15) is 0 Å². The molecule has 0 aromatic carbocycles. The highest BCUT2D eigenvalue weighted by atomic mass is 16.9. The normalized spacial score (nSPS) is 43.9. The molecule has 0 saturated carbocycles. The summed E-state index contributed by atoms with van der Waals surface area (Å²) in [5.74, 6) is -0.616. The lowest BCUT2D eigenvalue weighted by Crippen LogP contribution is -2.61. The molecule has 2 N–H and O–H groups in total. The first-order valence-corrected chi connectivity index (χ1v) is 5.22. The maximum atomic E-state index is 5.68. The van der Waals surface area contributed by atoms with Crippen molar-refractivity contribution in [1.29, 1.82) is 0 Å². The maximum absolute atomic E-state index is 5.68. The van der Waals surface area contributed by atoms with Crippen molar-refractivity contribution in [3.05, 3.63) is 0 Å². The van der Waals surface area contributed by atoms with Gasteiger partial charge >= 0.3 is 0 Å². The summed E-state index contributed by atoms with van der Waals surface area (Å²) in [6.07, 6.45) is 0.858. The lowest BCUT2D eigenvalue weighted by molar-refractivity contribution is -0.482. The third kappa shape index (κ3) is 1.56. The minimum atomic E-state index is -0.808. The standard InChI is InChI=1S/C10H19NO3/c1-8(3-4-11)10-12-5-9(2,6-13-10)7-14-10/h8H,3-7,11H2,1-2H3. The van der Waals surface area contributed by atoms with E-state index in [0.717, 1.165) is 26.2 Å². The van der Waals surface area contributed by atoms with E-state index >= 15 is 0 Å². The third-order valence-corrected chi connectivity index (χ3v) is 3.07. The molecular weight excluding hydrogens is 182 g/mol. The van der Waals surface area contributed by atoms with Crippen molar-refractivity contribution in [2.45, 2.75) is 26.2 Å². The van der Waals surface area contributed by atoms with E-state index in [-0.39, 0.29) is 11.3 Å². The summed E-state index contributed by atoms with van der Waals surface area (Å²) >= 11 is 0. The zero-order valence-electron chi connectivity index (χ0n) is 8.91. The molecule has 0 aliphatic carbocycles. The van der Waals surface area contributed by atoms with Crippen LogP contribution in [0.5, 0.6) is 0 Å². The van der Waals surface area contributed by atoms with Crippen LogP contribution in [-0.4, -0.2) is 32.3 Å². The van der Waals surface area contributed by atoms with Crippen molar-refractivity contribution >= 4 is 0 Å². The molecular formula is C10H19NO3. The number of ether oxygens (including phenoxy) is 3. The molecule has 82 valence electrons. The first kappa shape index (κ1) is 10.4. The molecule has 4 nitrogen and oxygen atoms in total. The predicted octanol–water partition coefficient (Wildman–Crippen LogP) is 0.708. The average Bonchev–Trinajstić information content (AvgIpc) is 2.20. The Morgan fingerprint density at radius 1 is 1.21 bits per heavy atom. The van der Waals surface area contributed by atoms with E-state index in [1.165, 1.54) is 0 Å². The Bertz CT molecular complexity index is 195. The summed E-state index contributed by atoms with van der Waals surface area (Å²) in [4.78, 5) is 0. The topological polar surface area (TPSA) is 53.7 Å². The third-order valence-electron chi connectivity index (χ3n) is 3.07. The van der Waals surface area contributed by atoms with Crippen molar-refractivity contribution in [3.63, 3.8) is 0 Å². The van der Waals surface area contributed by atoms with Crippen LogP contribution < -0.4 is 5.73 Å². The molecule has 3 aliphatic rings. The predicted molar refractivity (Wildman–Crippen MR) is 51.5 cm³/mol. The average molecular weight is 201 g/mol. The molecule has 0 radical (unpaired) electrons. The fraction of sp³-hybridized carbons (Fsp3) is 1.00. The van der Waals surface area contributed by atoms with Gasteiger partial charge in [-0.3, -0.25) is 0 Å². The second-order valence-electron chi connectivity index (χ2n) is 4.76. The summed E-state index contributed by atoms with van der Waals surface area (Å²) in [6, 6.07) is 0. The van der Waals surface area contributed by atoms with Gasteiger partial charge in [0.25, 0.3) is 5.97 Å². The Hall–Kier alpha value is -0.160. The van der Waals surface area contributed by atoms with Gasteiger partial charge in [-0.1, -0.05) is 13.8 Å². The molecule has 3 saturated heterocycles. The highest BCUT2D eigenvalue weighted by molar-refractivity contribution is 4.86. The number of hydrogen-bond acceptors (Lipinski definition) is 4. The molecule has 3 heterocycles. The van der Waals surface area contributed by atoms with E-state index in [1.54, 1.807) is 0 Å². The summed E-state index contributed by atoms with van der Waals surface area (Å²) in [5, 5.41) is 0. The minimum Gasteiger partial charge on any atom is -0.330 e. The van der Waals surface area contributed by atoms with Crippen LogP contribution in [0.15, 0.2) is 0 Å². The molecule has 0 aromatic heterocycles. The number of rotatable bonds is 3. The molecule has 0 spiro atoms. The first-order valence-electron chi connectivity index (χ1n) is 5.22.